The fourth-order valence-corrected chi connectivity index (χ4v) is 3.58. The third kappa shape index (κ3) is 5.99. The Bertz CT molecular complexity index is 725. The lowest BCUT2D eigenvalue weighted by Gasteiger charge is -2.36. The van der Waals surface area contributed by atoms with Gasteiger partial charge in [0, 0.05) is 37.9 Å². The number of methoxy groups -OCH3 is 1. The first kappa shape index (κ1) is 20.2. The van der Waals surface area contributed by atoms with Gasteiger partial charge >= 0.3 is 0 Å². The minimum atomic E-state index is 0.124. The second-order valence-electron chi connectivity index (χ2n) is 7.45. The summed E-state index contributed by atoms with van der Waals surface area (Å²) >= 11 is 0. The summed E-state index contributed by atoms with van der Waals surface area (Å²) in [7, 11) is 1.68. The van der Waals surface area contributed by atoms with Crippen LogP contribution in [0.15, 0.2) is 54.6 Å². The molecule has 1 saturated heterocycles. The summed E-state index contributed by atoms with van der Waals surface area (Å²) in [5.41, 5.74) is 2.53. The monoisotopic (exact) mass is 381 g/mol. The molecule has 1 fully saturated rings. The molecular formula is C23H31N3O2. The molecule has 0 bridgehead atoms. The number of rotatable bonds is 8. The van der Waals surface area contributed by atoms with Gasteiger partial charge in [-0.15, -0.1) is 0 Å². The number of carbonyl (C=O) groups is 1. The Morgan fingerprint density at radius 3 is 2.36 bits per heavy atom. The standard InChI is InChI=1S/C23H31N3O2/c1-19(8-9-20-6-4-3-5-7-20)24-23(27)18-25-14-16-26(17-15-25)21-10-12-22(28-2)13-11-21/h3-7,10-13,19H,8-9,14-18H2,1-2H3,(H,24,27)/t19-/m0/s1. The number of carbonyl (C=O) groups excluding carboxylic acids is 1. The largest absolute Gasteiger partial charge is 0.497 e. The zero-order chi connectivity index (χ0) is 19.8. The molecule has 5 heteroatoms. The maximum atomic E-state index is 12.4. The van der Waals surface area contributed by atoms with Crippen LogP contribution in [0.4, 0.5) is 5.69 Å². The van der Waals surface area contributed by atoms with Gasteiger partial charge in [-0.1, -0.05) is 30.3 Å². The van der Waals surface area contributed by atoms with Crippen LogP contribution in [0, 0.1) is 0 Å². The Kier molecular flexibility index (Phi) is 7.31. The molecule has 0 aromatic heterocycles. The predicted molar refractivity (Wildman–Crippen MR) is 114 cm³/mol. The Balaban J connectivity index is 1.37. The molecule has 0 saturated carbocycles. The number of benzene rings is 2. The molecule has 1 amide bonds. The van der Waals surface area contributed by atoms with Crippen molar-refractivity contribution in [2.75, 3.05) is 44.7 Å². The fraction of sp³-hybridized carbons (Fsp3) is 0.435. The summed E-state index contributed by atoms with van der Waals surface area (Å²) in [5.74, 6) is 0.999. The van der Waals surface area contributed by atoms with Gasteiger partial charge < -0.3 is 15.0 Å². The van der Waals surface area contributed by atoms with Crippen LogP contribution < -0.4 is 15.0 Å². The summed E-state index contributed by atoms with van der Waals surface area (Å²) in [5, 5.41) is 3.14. The molecule has 28 heavy (non-hydrogen) atoms. The maximum absolute atomic E-state index is 12.4. The highest BCUT2D eigenvalue weighted by atomic mass is 16.5. The van der Waals surface area contributed by atoms with E-state index in [1.165, 1.54) is 11.3 Å². The molecule has 0 spiro atoms. The first-order valence-corrected chi connectivity index (χ1v) is 10.1. The predicted octanol–water partition coefficient (Wildman–Crippen LogP) is 2.95. The van der Waals surface area contributed by atoms with E-state index in [2.05, 4.69) is 58.4 Å². The molecule has 0 radical (unpaired) electrons. The van der Waals surface area contributed by atoms with E-state index in [0.717, 1.165) is 44.8 Å². The number of piperazine rings is 1. The Morgan fingerprint density at radius 2 is 1.71 bits per heavy atom. The molecule has 3 rings (SSSR count). The van der Waals surface area contributed by atoms with Crippen molar-refractivity contribution in [3.05, 3.63) is 60.2 Å². The van der Waals surface area contributed by atoms with Crippen LogP contribution in [-0.4, -0.2) is 56.7 Å². The van der Waals surface area contributed by atoms with Gasteiger partial charge in [-0.3, -0.25) is 9.69 Å². The van der Waals surface area contributed by atoms with E-state index in [1.54, 1.807) is 7.11 Å². The number of anilines is 1. The third-order valence-electron chi connectivity index (χ3n) is 5.29. The van der Waals surface area contributed by atoms with Crippen molar-refractivity contribution in [1.82, 2.24) is 10.2 Å². The van der Waals surface area contributed by atoms with Crippen LogP contribution in [0.3, 0.4) is 0 Å². The molecule has 0 aliphatic carbocycles. The topological polar surface area (TPSA) is 44.8 Å². The minimum absolute atomic E-state index is 0.124. The van der Waals surface area contributed by atoms with Crippen molar-refractivity contribution in [2.24, 2.45) is 0 Å². The van der Waals surface area contributed by atoms with Crippen LogP contribution in [0.5, 0.6) is 5.75 Å². The Hall–Kier alpha value is -2.53. The van der Waals surface area contributed by atoms with Crippen LogP contribution in [-0.2, 0) is 11.2 Å². The van der Waals surface area contributed by atoms with Crippen molar-refractivity contribution < 1.29 is 9.53 Å². The van der Waals surface area contributed by atoms with E-state index in [4.69, 9.17) is 4.74 Å². The van der Waals surface area contributed by atoms with Crippen molar-refractivity contribution in [1.29, 1.82) is 0 Å². The zero-order valence-corrected chi connectivity index (χ0v) is 16.9. The van der Waals surface area contributed by atoms with E-state index >= 15 is 0 Å². The van der Waals surface area contributed by atoms with Gasteiger partial charge in [0.25, 0.3) is 0 Å². The number of hydrogen-bond acceptors (Lipinski definition) is 4. The minimum Gasteiger partial charge on any atom is -0.497 e. The lowest BCUT2D eigenvalue weighted by atomic mass is 10.1. The average molecular weight is 382 g/mol. The van der Waals surface area contributed by atoms with Crippen LogP contribution >= 0.6 is 0 Å². The van der Waals surface area contributed by atoms with Crippen LogP contribution in [0.25, 0.3) is 0 Å². The lowest BCUT2D eigenvalue weighted by Crippen LogP contribution is -2.50. The van der Waals surface area contributed by atoms with Crippen molar-refractivity contribution in [3.63, 3.8) is 0 Å². The molecule has 0 unspecified atom stereocenters. The van der Waals surface area contributed by atoms with E-state index in [9.17, 15) is 4.79 Å². The summed E-state index contributed by atoms with van der Waals surface area (Å²) in [6.45, 7) is 6.23. The number of amides is 1. The number of hydrogen-bond donors (Lipinski definition) is 1. The van der Waals surface area contributed by atoms with E-state index < -0.39 is 0 Å². The Morgan fingerprint density at radius 1 is 1.04 bits per heavy atom. The molecule has 2 aromatic rings. The summed E-state index contributed by atoms with van der Waals surface area (Å²) in [6.07, 6.45) is 1.95. The van der Waals surface area contributed by atoms with E-state index in [1.807, 2.05) is 18.2 Å². The highest BCUT2D eigenvalue weighted by Crippen LogP contribution is 2.20. The SMILES string of the molecule is COc1ccc(N2CCN(CC(=O)N[C@@H](C)CCc3ccccc3)CC2)cc1. The second kappa shape index (κ2) is 10.1. The van der Waals surface area contributed by atoms with Gasteiger partial charge in [0.2, 0.25) is 5.91 Å². The van der Waals surface area contributed by atoms with Crippen molar-refractivity contribution in [3.8, 4) is 5.75 Å². The van der Waals surface area contributed by atoms with Gasteiger partial charge in [-0.2, -0.15) is 0 Å². The number of aryl methyl sites for hydroxylation is 1. The smallest absolute Gasteiger partial charge is 0.234 e. The third-order valence-corrected chi connectivity index (χ3v) is 5.29. The molecule has 1 heterocycles. The number of nitrogens with one attached hydrogen (secondary N) is 1. The summed E-state index contributed by atoms with van der Waals surface area (Å²) in [4.78, 5) is 17.0. The van der Waals surface area contributed by atoms with Crippen molar-refractivity contribution in [2.45, 2.75) is 25.8 Å². The summed E-state index contributed by atoms with van der Waals surface area (Å²) in [6, 6.07) is 18.8. The molecule has 1 aliphatic rings. The summed E-state index contributed by atoms with van der Waals surface area (Å²) < 4.78 is 5.22. The van der Waals surface area contributed by atoms with E-state index in [0.29, 0.717) is 6.54 Å². The quantitative estimate of drug-likeness (QED) is 0.764. The maximum Gasteiger partial charge on any atom is 0.234 e. The molecule has 1 N–H and O–H groups in total. The zero-order valence-electron chi connectivity index (χ0n) is 16.9. The molecule has 150 valence electrons. The molecule has 2 aromatic carbocycles. The van der Waals surface area contributed by atoms with Gasteiger partial charge in [-0.25, -0.2) is 0 Å². The number of nitrogens with zero attached hydrogens (tertiary/aromatic N) is 2. The highest BCUT2D eigenvalue weighted by Gasteiger charge is 2.20. The molecular weight excluding hydrogens is 350 g/mol. The second-order valence-corrected chi connectivity index (χ2v) is 7.45. The Labute approximate surface area is 168 Å². The fourth-order valence-electron chi connectivity index (χ4n) is 3.58. The first-order chi connectivity index (χ1) is 13.6. The van der Waals surface area contributed by atoms with Gasteiger partial charge in [0.1, 0.15) is 5.75 Å². The normalized spacial score (nSPS) is 15.9. The van der Waals surface area contributed by atoms with Gasteiger partial charge in [0.15, 0.2) is 0 Å². The van der Waals surface area contributed by atoms with Crippen LogP contribution in [0.1, 0.15) is 18.9 Å². The first-order valence-electron chi connectivity index (χ1n) is 10.1. The lowest BCUT2D eigenvalue weighted by molar-refractivity contribution is -0.122. The highest BCUT2D eigenvalue weighted by molar-refractivity contribution is 5.78. The van der Waals surface area contributed by atoms with Crippen molar-refractivity contribution >= 4 is 11.6 Å². The molecule has 5 nitrogen and oxygen atoms in total. The van der Waals surface area contributed by atoms with Gasteiger partial charge in [-0.05, 0) is 49.6 Å². The van der Waals surface area contributed by atoms with E-state index in [-0.39, 0.29) is 11.9 Å². The average Bonchev–Trinajstić information content (AvgIpc) is 2.73. The molecule has 1 aliphatic heterocycles. The molecule has 1 atom stereocenters. The number of ether oxygens (including phenoxy) is 1. The van der Waals surface area contributed by atoms with Crippen LogP contribution in [0.2, 0.25) is 0 Å². The van der Waals surface area contributed by atoms with Gasteiger partial charge in [0.05, 0.1) is 13.7 Å².